The molecule has 29 heavy (non-hydrogen) atoms. The molecule has 1 heterocycles. The van der Waals surface area contributed by atoms with Gasteiger partial charge in [0, 0.05) is 0 Å². The van der Waals surface area contributed by atoms with Gasteiger partial charge in [0.05, 0.1) is 27.0 Å². The quantitative estimate of drug-likeness (QED) is 0.617. The lowest BCUT2D eigenvalue weighted by atomic mass is 10.1. The molecule has 0 atom stereocenters. The minimum Gasteiger partial charge on any atom is -0.493 e. The standard InChI is InChI=1S/C21H20N2O6/c1-12-6-5-7-14(8-12)23-20(25)15(19(24)22-21(23)26)9-13-10-16(27-2)18(29-4)17(11-13)28-3/h5-11H,1-4H3,(H,22,24,26)/b15-9-. The highest BCUT2D eigenvalue weighted by Crippen LogP contribution is 2.39. The fraction of sp³-hybridized carbons (Fsp3) is 0.190. The van der Waals surface area contributed by atoms with Crippen LogP contribution in [0.25, 0.3) is 6.08 Å². The van der Waals surface area contributed by atoms with E-state index in [0.29, 0.717) is 28.5 Å². The summed E-state index contributed by atoms with van der Waals surface area (Å²) in [5, 5.41) is 2.20. The minimum atomic E-state index is -0.798. The van der Waals surface area contributed by atoms with Gasteiger partial charge in [-0.05, 0) is 48.4 Å². The van der Waals surface area contributed by atoms with Crippen LogP contribution in [0.4, 0.5) is 10.5 Å². The summed E-state index contributed by atoms with van der Waals surface area (Å²) < 4.78 is 15.9. The van der Waals surface area contributed by atoms with Gasteiger partial charge in [0.1, 0.15) is 5.57 Å². The molecule has 1 aliphatic heterocycles. The van der Waals surface area contributed by atoms with E-state index in [1.165, 1.54) is 27.4 Å². The third-order valence-electron chi connectivity index (χ3n) is 4.36. The number of aryl methyl sites for hydroxylation is 1. The van der Waals surface area contributed by atoms with Crippen molar-refractivity contribution in [3.05, 3.63) is 53.1 Å². The van der Waals surface area contributed by atoms with E-state index in [0.717, 1.165) is 10.5 Å². The predicted molar refractivity (Wildman–Crippen MR) is 106 cm³/mol. The molecule has 2 aromatic carbocycles. The van der Waals surface area contributed by atoms with Crippen LogP contribution in [0.2, 0.25) is 0 Å². The summed E-state index contributed by atoms with van der Waals surface area (Å²) in [5.41, 5.74) is 1.52. The molecule has 0 aromatic heterocycles. The number of rotatable bonds is 5. The Kier molecular flexibility index (Phi) is 5.54. The van der Waals surface area contributed by atoms with E-state index in [9.17, 15) is 14.4 Å². The van der Waals surface area contributed by atoms with Gasteiger partial charge in [-0.15, -0.1) is 0 Å². The third-order valence-corrected chi connectivity index (χ3v) is 4.36. The van der Waals surface area contributed by atoms with Crippen molar-refractivity contribution in [3.8, 4) is 17.2 Å². The Labute approximate surface area is 167 Å². The van der Waals surface area contributed by atoms with Crippen LogP contribution in [0.1, 0.15) is 11.1 Å². The summed E-state index contributed by atoms with van der Waals surface area (Å²) in [4.78, 5) is 38.6. The van der Waals surface area contributed by atoms with Gasteiger partial charge in [0.25, 0.3) is 11.8 Å². The number of barbiturate groups is 1. The number of nitrogens with zero attached hydrogens (tertiary/aromatic N) is 1. The summed E-state index contributed by atoms with van der Waals surface area (Å²) in [6.07, 6.45) is 1.37. The number of ether oxygens (including phenoxy) is 3. The minimum absolute atomic E-state index is 0.194. The fourth-order valence-electron chi connectivity index (χ4n) is 3.01. The van der Waals surface area contributed by atoms with E-state index in [1.807, 2.05) is 13.0 Å². The number of methoxy groups -OCH3 is 3. The lowest BCUT2D eigenvalue weighted by Gasteiger charge is -2.26. The Morgan fingerprint density at radius 2 is 1.59 bits per heavy atom. The molecule has 0 aliphatic carbocycles. The van der Waals surface area contributed by atoms with Crippen molar-refractivity contribution in [2.24, 2.45) is 0 Å². The summed E-state index contributed by atoms with van der Waals surface area (Å²) >= 11 is 0. The molecule has 1 saturated heterocycles. The van der Waals surface area contributed by atoms with E-state index < -0.39 is 17.8 Å². The van der Waals surface area contributed by atoms with E-state index in [2.05, 4.69) is 5.32 Å². The molecule has 150 valence electrons. The van der Waals surface area contributed by atoms with Gasteiger partial charge in [-0.2, -0.15) is 0 Å². The van der Waals surface area contributed by atoms with Crippen molar-refractivity contribution < 1.29 is 28.6 Å². The number of anilines is 1. The Morgan fingerprint density at radius 1 is 0.931 bits per heavy atom. The zero-order valence-electron chi connectivity index (χ0n) is 16.4. The maximum atomic E-state index is 13.0. The smallest absolute Gasteiger partial charge is 0.335 e. The Hall–Kier alpha value is -3.81. The Morgan fingerprint density at radius 3 is 2.14 bits per heavy atom. The van der Waals surface area contributed by atoms with Gasteiger partial charge in [-0.1, -0.05) is 12.1 Å². The number of amides is 4. The maximum absolute atomic E-state index is 13.0. The second-order valence-electron chi connectivity index (χ2n) is 6.26. The van der Waals surface area contributed by atoms with Crippen LogP contribution in [-0.2, 0) is 9.59 Å². The SMILES string of the molecule is COc1cc(/C=C2/C(=O)NC(=O)N(c3cccc(C)c3)C2=O)cc(OC)c1OC. The molecule has 0 spiro atoms. The van der Waals surface area contributed by atoms with Crippen LogP contribution in [0.15, 0.2) is 42.0 Å². The Balaban J connectivity index is 2.07. The second-order valence-corrected chi connectivity index (χ2v) is 6.26. The average molecular weight is 396 g/mol. The normalized spacial score (nSPS) is 15.4. The zero-order chi connectivity index (χ0) is 21.1. The molecule has 3 rings (SSSR count). The number of carbonyl (C=O) groups excluding carboxylic acids is 3. The van der Waals surface area contributed by atoms with Crippen molar-refractivity contribution in [2.75, 3.05) is 26.2 Å². The van der Waals surface area contributed by atoms with Gasteiger partial charge < -0.3 is 14.2 Å². The van der Waals surface area contributed by atoms with Gasteiger partial charge in [-0.3, -0.25) is 14.9 Å². The molecule has 0 saturated carbocycles. The zero-order valence-corrected chi connectivity index (χ0v) is 16.4. The number of nitrogens with one attached hydrogen (secondary N) is 1. The van der Waals surface area contributed by atoms with Gasteiger partial charge >= 0.3 is 6.03 Å². The number of hydrogen-bond acceptors (Lipinski definition) is 6. The van der Waals surface area contributed by atoms with Crippen LogP contribution in [0.5, 0.6) is 17.2 Å². The molecule has 1 N–H and O–H groups in total. The number of hydrogen-bond donors (Lipinski definition) is 1. The average Bonchev–Trinajstić information content (AvgIpc) is 2.70. The number of imide groups is 2. The van der Waals surface area contributed by atoms with Crippen LogP contribution in [0.3, 0.4) is 0 Å². The van der Waals surface area contributed by atoms with Gasteiger partial charge in [-0.25, -0.2) is 9.69 Å². The first-order valence-corrected chi connectivity index (χ1v) is 8.67. The molecule has 0 unspecified atom stereocenters. The molecule has 0 radical (unpaired) electrons. The molecular formula is C21H20N2O6. The number of urea groups is 1. The van der Waals surface area contributed by atoms with E-state index in [-0.39, 0.29) is 5.57 Å². The molecule has 1 aliphatic rings. The predicted octanol–water partition coefficient (Wildman–Crippen LogP) is 2.69. The topological polar surface area (TPSA) is 94.2 Å². The van der Waals surface area contributed by atoms with E-state index >= 15 is 0 Å². The third kappa shape index (κ3) is 3.77. The Bertz CT molecular complexity index is 1000. The fourth-order valence-corrected chi connectivity index (χ4v) is 3.01. The largest absolute Gasteiger partial charge is 0.493 e. The first-order valence-electron chi connectivity index (χ1n) is 8.67. The summed E-state index contributed by atoms with van der Waals surface area (Å²) in [5.74, 6) is -0.383. The molecule has 1 fully saturated rings. The second kappa shape index (κ2) is 8.05. The summed E-state index contributed by atoms with van der Waals surface area (Å²) in [7, 11) is 4.40. The highest BCUT2D eigenvalue weighted by molar-refractivity contribution is 6.39. The monoisotopic (exact) mass is 396 g/mol. The summed E-state index contributed by atoms with van der Waals surface area (Å²) in [6, 6.07) is 9.28. The number of benzene rings is 2. The molecule has 4 amide bonds. The van der Waals surface area contributed by atoms with Crippen molar-refractivity contribution in [1.82, 2.24) is 5.32 Å². The maximum Gasteiger partial charge on any atom is 0.335 e. The lowest BCUT2D eigenvalue weighted by Crippen LogP contribution is -2.54. The van der Waals surface area contributed by atoms with Crippen molar-refractivity contribution in [2.45, 2.75) is 6.92 Å². The molecule has 8 nitrogen and oxygen atoms in total. The highest BCUT2D eigenvalue weighted by Gasteiger charge is 2.36. The molecule has 0 bridgehead atoms. The van der Waals surface area contributed by atoms with Gasteiger partial charge in [0.2, 0.25) is 5.75 Å². The van der Waals surface area contributed by atoms with Crippen LogP contribution >= 0.6 is 0 Å². The van der Waals surface area contributed by atoms with E-state index in [4.69, 9.17) is 14.2 Å². The van der Waals surface area contributed by atoms with E-state index in [1.54, 1.807) is 30.3 Å². The first-order chi connectivity index (χ1) is 13.9. The molecule has 8 heteroatoms. The van der Waals surface area contributed by atoms with Crippen molar-refractivity contribution in [1.29, 1.82) is 0 Å². The van der Waals surface area contributed by atoms with Gasteiger partial charge in [0.15, 0.2) is 11.5 Å². The number of carbonyl (C=O) groups is 3. The molecular weight excluding hydrogens is 376 g/mol. The van der Waals surface area contributed by atoms with Crippen LogP contribution < -0.4 is 24.4 Å². The van der Waals surface area contributed by atoms with Crippen molar-refractivity contribution in [3.63, 3.8) is 0 Å². The van der Waals surface area contributed by atoms with Crippen LogP contribution in [0, 0.1) is 6.92 Å². The van der Waals surface area contributed by atoms with Crippen molar-refractivity contribution >= 4 is 29.6 Å². The molecule has 2 aromatic rings. The summed E-state index contributed by atoms with van der Waals surface area (Å²) in [6.45, 7) is 1.84. The highest BCUT2D eigenvalue weighted by atomic mass is 16.5. The lowest BCUT2D eigenvalue weighted by molar-refractivity contribution is -0.122. The van der Waals surface area contributed by atoms with Crippen LogP contribution in [-0.4, -0.2) is 39.2 Å². The first kappa shape index (κ1) is 19.9.